The molecule has 190 valence electrons. The second kappa shape index (κ2) is 9.55. The zero-order chi connectivity index (χ0) is 25.4. The maximum absolute atomic E-state index is 13.9. The number of hydrogen-bond donors (Lipinski definition) is 3. The quantitative estimate of drug-likeness (QED) is 0.520. The lowest BCUT2D eigenvalue weighted by molar-refractivity contribution is -0.143. The number of benzene rings is 2. The first-order chi connectivity index (χ1) is 17.4. The number of nitrogens with one attached hydrogen (secondary N) is 2. The second-order valence-electron chi connectivity index (χ2n) is 9.62. The minimum Gasteiger partial charge on any atom is -0.497 e. The summed E-state index contributed by atoms with van der Waals surface area (Å²) in [7, 11) is 1.56. The maximum Gasteiger partial charge on any atom is 0.250 e. The van der Waals surface area contributed by atoms with Crippen molar-refractivity contribution in [3.8, 4) is 5.75 Å². The summed E-state index contributed by atoms with van der Waals surface area (Å²) >= 11 is 0. The number of anilines is 2. The molecule has 2 unspecified atom stereocenters. The number of nitrogens with zero attached hydrogens (tertiary/aromatic N) is 1. The maximum atomic E-state index is 13.9. The van der Waals surface area contributed by atoms with Crippen LogP contribution in [0.15, 0.2) is 54.6 Å². The Morgan fingerprint density at radius 1 is 1.11 bits per heavy atom. The standard InChI is InChI=1S/C27H31N3O6/c1-3-18(15-31)30-23(25(33)29-17-9-11-19(35-2)12-10-17)27-14-13-20(36-27)21(22(27)26(30)34)24(32)28-16-7-5-4-6-8-16/h4-12,18,20-23,31H,3,13-15H2,1-2H3,(H,28,32)(H,29,33)/t18-,20-,21+,22-,23?,27?/m0/s1. The van der Waals surface area contributed by atoms with Crippen LogP contribution in [0.4, 0.5) is 11.4 Å². The fourth-order valence-electron chi connectivity index (χ4n) is 6.13. The molecular formula is C27H31N3O6. The van der Waals surface area contributed by atoms with E-state index in [-0.39, 0.29) is 18.4 Å². The molecule has 0 saturated carbocycles. The van der Waals surface area contributed by atoms with Gasteiger partial charge in [0.05, 0.1) is 37.7 Å². The van der Waals surface area contributed by atoms with Gasteiger partial charge in [0.2, 0.25) is 17.7 Å². The fourth-order valence-corrected chi connectivity index (χ4v) is 6.13. The third-order valence-corrected chi connectivity index (χ3v) is 7.76. The first-order valence-corrected chi connectivity index (χ1v) is 12.3. The second-order valence-corrected chi connectivity index (χ2v) is 9.62. The van der Waals surface area contributed by atoms with Gasteiger partial charge >= 0.3 is 0 Å². The van der Waals surface area contributed by atoms with E-state index in [1.165, 1.54) is 4.90 Å². The third kappa shape index (κ3) is 3.83. The Balaban J connectivity index is 1.48. The first-order valence-electron chi connectivity index (χ1n) is 12.3. The summed E-state index contributed by atoms with van der Waals surface area (Å²) in [5.74, 6) is -1.87. The third-order valence-electron chi connectivity index (χ3n) is 7.76. The van der Waals surface area contributed by atoms with Gasteiger partial charge < -0.3 is 30.1 Å². The molecule has 0 radical (unpaired) electrons. The Bertz CT molecular complexity index is 1140. The molecule has 3 N–H and O–H groups in total. The molecule has 3 aliphatic rings. The Hall–Kier alpha value is -3.43. The number of likely N-dealkylation sites (tertiary alicyclic amines) is 1. The van der Waals surface area contributed by atoms with E-state index in [4.69, 9.17) is 9.47 Å². The van der Waals surface area contributed by atoms with Gasteiger partial charge in [-0.15, -0.1) is 0 Å². The van der Waals surface area contributed by atoms with Crippen LogP contribution in [0.3, 0.4) is 0 Å². The van der Waals surface area contributed by atoms with Gasteiger partial charge in [0.25, 0.3) is 0 Å². The molecular weight excluding hydrogens is 462 g/mol. The number of carbonyl (C=O) groups is 3. The van der Waals surface area contributed by atoms with E-state index >= 15 is 0 Å². The Morgan fingerprint density at radius 3 is 2.42 bits per heavy atom. The summed E-state index contributed by atoms with van der Waals surface area (Å²) in [5, 5.41) is 15.9. The predicted molar refractivity (Wildman–Crippen MR) is 132 cm³/mol. The van der Waals surface area contributed by atoms with Crippen LogP contribution in [0.5, 0.6) is 5.75 Å². The summed E-state index contributed by atoms with van der Waals surface area (Å²) < 4.78 is 11.6. The van der Waals surface area contributed by atoms with Crippen LogP contribution in [0.1, 0.15) is 26.2 Å². The van der Waals surface area contributed by atoms with Crippen LogP contribution in [0, 0.1) is 11.8 Å². The highest BCUT2D eigenvalue weighted by atomic mass is 16.5. The van der Waals surface area contributed by atoms with Crippen molar-refractivity contribution >= 4 is 29.1 Å². The van der Waals surface area contributed by atoms with Gasteiger partial charge in [-0.3, -0.25) is 14.4 Å². The molecule has 0 aromatic heterocycles. The Kier molecular flexibility index (Phi) is 6.44. The van der Waals surface area contributed by atoms with E-state index in [9.17, 15) is 19.5 Å². The number of methoxy groups -OCH3 is 1. The zero-order valence-electron chi connectivity index (χ0n) is 20.3. The smallest absolute Gasteiger partial charge is 0.250 e. The molecule has 3 heterocycles. The number of rotatable bonds is 8. The van der Waals surface area contributed by atoms with Crippen molar-refractivity contribution in [3.63, 3.8) is 0 Å². The fraction of sp³-hybridized carbons (Fsp3) is 0.444. The summed E-state index contributed by atoms with van der Waals surface area (Å²) in [4.78, 5) is 42.5. The number of amides is 3. The molecule has 3 amide bonds. The lowest BCUT2D eigenvalue weighted by atomic mass is 9.70. The normalized spacial score (nSPS) is 29.1. The molecule has 9 nitrogen and oxygen atoms in total. The van der Waals surface area contributed by atoms with Gasteiger partial charge in [-0.05, 0) is 55.7 Å². The van der Waals surface area contributed by atoms with Gasteiger partial charge in [-0.2, -0.15) is 0 Å². The molecule has 3 aliphatic heterocycles. The van der Waals surface area contributed by atoms with E-state index in [0.717, 1.165) is 0 Å². The van der Waals surface area contributed by atoms with Gasteiger partial charge in [-0.1, -0.05) is 25.1 Å². The average molecular weight is 494 g/mol. The van der Waals surface area contributed by atoms with Crippen molar-refractivity contribution in [2.45, 2.75) is 50.0 Å². The lowest BCUT2D eigenvalue weighted by Gasteiger charge is -2.36. The highest BCUT2D eigenvalue weighted by molar-refractivity contribution is 6.05. The molecule has 2 aromatic carbocycles. The van der Waals surface area contributed by atoms with Gasteiger partial charge in [0, 0.05) is 11.4 Å². The summed E-state index contributed by atoms with van der Waals surface area (Å²) in [6.07, 6.45) is 1.08. The van der Waals surface area contributed by atoms with E-state index in [2.05, 4.69) is 10.6 Å². The molecule has 3 fully saturated rings. The molecule has 2 aromatic rings. The summed E-state index contributed by atoms with van der Waals surface area (Å²) in [6.45, 7) is 1.57. The largest absolute Gasteiger partial charge is 0.497 e. The molecule has 9 heteroatoms. The van der Waals surface area contributed by atoms with Crippen LogP contribution >= 0.6 is 0 Å². The van der Waals surface area contributed by atoms with Crippen molar-refractivity contribution in [2.24, 2.45) is 11.8 Å². The number of hydrogen-bond acceptors (Lipinski definition) is 6. The summed E-state index contributed by atoms with van der Waals surface area (Å²) in [6, 6.07) is 14.5. The molecule has 2 bridgehead atoms. The SMILES string of the molecule is CC[C@@H](CO)N1C(=O)[C@@H]2[C@H](C(=O)Nc3ccccc3)[C@@H]3CCC2(O3)C1C(=O)Nc1ccc(OC)cc1. The van der Waals surface area contributed by atoms with Crippen molar-refractivity contribution in [1.82, 2.24) is 4.90 Å². The molecule has 3 saturated heterocycles. The van der Waals surface area contributed by atoms with Crippen LogP contribution < -0.4 is 15.4 Å². The number of carbonyl (C=O) groups excluding carboxylic acids is 3. The minimum atomic E-state index is -1.13. The van der Waals surface area contributed by atoms with Crippen molar-refractivity contribution < 1.29 is 29.0 Å². The van der Waals surface area contributed by atoms with E-state index in [1.807, 2.05) is 25.1 Å². The number of aliphatic hydroxyl groups is 1. The number of aliphatic hydroxyl groups excluding tert-OH is 1. The Labute approximate surface area is 209 Å². The van der Waals surface area contributed by atoms with E-state index < -0.39 is 41.5 Å². The minimum absolute atomic E-state index is 0.290. The number of para-hydroxylation sites is 1. The molecule has 36 heavy (non-hydrogen) atoms. The van der Waals surface area contributed by atoms with E-state index in [1.54, 1.807) is 43.5 Å². The average Bonchev–Trinajstić information content (AvgIpc) is 3.53. The van der Waals surface area contributed by atoms with Gasteiger partial charge in [-0.25, -0.2) is 0 Å². The molecule has 6 atom stereocenters. The van der Waals surface area contributed by atoms with Crippen LogP contribution in [-0.4, -0.2) is 65.2 Å². The van der Waals surface area contributed by atoms with Crippen LogP contribution in [-0.2, 0) is 19.1 Å². The van der Waals surface area contributed by atoms with Crippen molar-refractivity contribution in [2.75, 3.05) is 24.4 Å². The van der Waals surface area contributed by atoms with Gasteiger partial charge in [0.1, 0.15) is 17.4 Å². The van der Waals surface area contributed by atoms with Crippen molar-refractivity contribution in [3.05, 3.63) is 54.6 Å². The highest BCUT2D eigenvalue weighted by Crippen LogP contribution is 2.59. The monoisotopic (exact) mass is 493 g/mol. The first kappa shape index (κ1) is 24.3. The lowest BCUT2D eigenvalue weighted by Crippen LogP contribution is -2.56. The molecule has 1 spiro atoms. The van der Waals surface area contributed by atoms with E-state index in [0.29, 0.717) is 36.4 Å². The predicted octanol–water partition coefficient (Wildman–Crippen LogP) is 2.42. The Morgan fingerprint density at radius 2 is 1.78 bits per heavy atom. The highest BCUT2D eigenvalue weighted by Gasteiger charge is 2.75. The topological polar surface area (TPSA) is 117 Å². The van der Waals surface area contributed by atoms with Gasteiger partial charge in [0.15, 0.2) is 0 Å². The number of ether oxygens (including phenoxy) is 2. The van der Waals surface area contributed by atoms with Crippen LogP contribution in [0.2, 0.25) is 0 Å². The zero-order valence-corrected chi connectivity index (χ0v) is 20.3. The van der Waals surface area contributed by atoms with Crippen molar-refractivity contribution in [1.29, 1.82) is 0 Å². The molecule has 5 rings (SSSR count). The summed E-state index contributed by atoms with van der Waals surface area (Å²) in [5.41, 5.74) is 0.0628. The number of fused-ring (bicyclic) bond motifs is 1. The van der Waals surface area contributed by atoms with Crippen LogP contribution in [0.25, 0.3) is 0 Å². The molecule has 0 aliphatic carbocycles.